The molecule has 3 fully saturated rings. The van der Waals surface area contributed by atoms with Gasteiger partial charge in [0.2, 0.25) is 5.91 Å². The topological polar surface area (TPSA) is 49.3 Å². The summed E-state index contributed by atoms with van der Waals surface area (Å²) in [5.74, 6) is 3.02. The van der Waals surface area contributed by atoms with E-state index in [4.69, 9.17) is 0 Å². The van der Waals surface area contributed by atoms with E-state index in [-0.39, 0.29) is 6.61 Å². The second-order valence-corrected chi connectivity index (χ2v) is 7.01. The fourth-order valence-electron chi connectivity index (χ4n) is 4.72. The highest BCUT2D eigenvalue weighted by Gasteiger charge is 2.43. The third-order valence-corrected chi connectivity index (χ3v) is 5.91. The van der Waals surface area contributed by atoms with E-state index >= 15 is 0 Å². The molecule has 0 heterocycles. The van der Waals surface area contributed by atoms with Crippen LogP contribution in [0.3, 0.4) is 0 Å². The zero-order valence-electron chi connectivity index (χ0n) is 11.8. The summed E-state index contributed by atoms with van der Waals surface area (Å²) in [5, 5.41) is 12.6. The van der Waals surface area contributed by atoms with Crippen molar-refractivity contribution >= 4 is 5.91 Å². The van der Waals surface area contributed by atoms with Gasteiger partial charge in [-0.05, 0) is 55.8 Å². The SMILES string of the molecule is O=C(NCC1CCCCC1CO)C1CC2CCC1C2. The van der Waals surface area contributed by atoms with Crippen LogP contribution in [0.2, 0.25) is 0 Å². The number of amides is 1. The van der Waals surface area contributed by atoms with Gasteiger partial charge in [0.1, 0.15) is 0 Å². The quantitative estimate of drug-likeness (QED) is 0.819. The maximum atomic E-state index is 12.3. The van der Waals surface area contributed by atoms with E-state index in [2.05, 4.69) is 5.32 Å². The van der Waals surface area contributed by atoms with Gasteiger partial charge in [-0.3, -0.25) is 4.79 Å². The second-order valence-electron chi connectivity index (χ2n) is 7.01. The number of rotatable bonds is 4. The Balaban J connectivity index is 1.47. The van der Waals surface area contributed by atoms with E-state index in [0.29, 0.717) is 29.6 Å². The molecule has 3 nitrogen and oxygen atoms in total. The molecule has 0 aromatic heterocycles. The van der Waals surface area contributed by atoms with Crippen LogP contribution >= 0.6 is 0 Å². The third-order valence-electron chi connectivity index (χ3n) is 5.91. The van der Waals surface area contributed by atoms with E-state index < -0.39 is 0 Å². The highest BCUT2D eigenvalue weighted by atomic mass is 16.3. The molecule has 108 valence electrons. The molecule has 0 aromatic rings. The van der Waals surface area contributed by atoms with Gasteiger partial charge in [0.25, 0.3) is 0 Å². The summed E-state index contributed by atoms with van der Waals surface area (Å²) in [7, 11) is 0. The molecule has 0 radical (unpaired) electrons. The predicted molar refractivity (Wildman–Crippen MR) is 74.5 cm³/mol. The molecule has 3 aliphatic rings. The summed E-state index contributed by atoms with van der Waals surface area (Å²) in [6, 6.07) is 0. The minimum atomic E-state index is 0.286. The van der Waals surface area contributed by atoms with Gasteiger partial charge in [0.05, 0.1) is 0 Å². The zero-order chi connectivity index (χ0) is 13.2. The van der Waals surface area contributed by atoms with E-state index in [1.807, 2.05) is 0 Å². The first-order valence-corrected chi connectivity index (χ1v) is 8.16. The van der Waals surface area contributed by atoms with Crippen molar-refractivity contribution < 1.29 is 9.90 Å². The van der Waals surface area contributed by atoms with Crippen LogP contribution in [0, 0.1) is 29.6 Å². The molecular formula is C16H27NO2. The van der Waals surface area contributed by atoms with Crippen LogP contribution in [0.25, 0.3) is 0 Å². The van der Waals surface area contributed by atoms with Crippen LogP contribution in [0.5, 0.6) is 0 Å². The minimum Gasteiger partial charge on any atom is -0.396 e. The number of carbonyl (C=O) groups is 1. The maximum absolute atomic E-state index is 12.3. The van der Waals surface area contributed by atoms with Crippen molar-refractivity contribution in [3.8, 4) is 0 Å². The van der Waals surface area contributed by atoms with Gasteiger partial charge in [-0.25, -0.2) is 0 Å². The maximum Gasteiger partial charge on any atom is 0.223 e. The van der Waals surface area contributed by atoms with Crippen LogP contribution in [0.4, 0.5) is 0 Å². The molecule has 3 heteroatoms. The van der Waals surface area contributed by atoms with Crippen molar-refractivity contribution in [3.05, 3.63) is 0 Å². The first-order chi connectivity index (χ1) is 9.28. The number of hydrogen-bond donors (Lipinski definition) is 2. The fraction of sp³-hybridized carbons (Fsp3) is 0.938. The molecule has 0 saturated heterocycles. The number of aliphatic hydroxyl groups is 1. The minimum absolute atomic E-state index is 0.286. The Morgan fingerprint density at radius 3 is 2.47 bits per heavy atom. The van der Waals surface area contributed by atoms with Crippen LogP contribution in [0.1, 0.15) is 51.4 Å². The standard InChI is InChI=1S/C16H27NO2/c18-10-14-4-2-1-3-13(14)9-17-16(19)15-8-11-5-6-12(15)7-11/h11-15,18H,1-10H2,(H,17,19). The molecule has 3 rings (SSSR count). The average molecular weight is 265 g/mol. The highest BCUT2D eigenvalue weighted by Crippen LogP contribution is 2.48. The lowest BCUT2D eigenvalue weighted by molar-refractivity contribution is -0.126. The average Bonchev–Trinajstić information content (AvgIpc) is 3.07. The fourth-order valence-corrected chi connectivity index (χ4v) is 4.72. The van der Waals surface area contributed by atoms with Gasteiger partial charge in [-0.15, -0.1) is 0 Å². The first kappa shape index (κ1) is 13.4. The summed E-state index contributed by atoms with van der Waals surface area (Å²) in [6.45, 7) is 1.08. The molecule has 3 aliphatic carbocycles. The van der Waals surface area contributed by atoms with Crippen LogP contribution in [0.15, 0.2) is 0 Å². The number of fused-ring (bicyclic) bond motifs is 2. The molecular weight excluding hydrogens is 238 g/mol. The normalized spacial score (nSPS) is 41.4. The second kappa shape index (κ2) is 5.82. The van der Waals surface area contributed by atoms with Crippen molar-refractivity contribution in [1.29, 1.82) is 0 Å². The lowest BCUT2D eigenvalue weighted by atomic mass is 9.79. The molecule has 2 N–H and O–H groups in total. The Morgan fingerprint density at radius 2 is 1.84 bits per heavy atom. The highest BCUT2D eigenvalue weighted by molar-refractivity contribution is 5.79. The zero-order valence-corrected chi connectivity index (χ0v) is 11.8. The van der Waals surface area contributed by atoms with Gasteiger partial charge in [-0.2, -0.15) is 0 Å². The Morgan fingerprint density at radius 1 is 1.05 bits per heavy atom. The number of carbonyl (C=O) groups excluding carboxylic acids is 1. The summed E-state index contributed by atoms with van der Waals surface area (Å²) < 4.78 is 0. The van der Waals surface area contributed by atoms with Gasteiger partial charge < -0.3 is 10.4 Å². The Bertz CT molecular complexity index is 331. The van der Waals surface area contributed by atoms with Crippen LogP contribution in [-0.4, -0.2) is 24.2 Å². The Labute approximate surface area is 116 Å². The van der Waals surface area contributed by atoms with Crippen molar-refractivity contribution in [3.63, 3.8) is 0 Å². The lowest BCUT2D eigenvalue weighted by Crippen LogP contribution is -2.39. The smallest absolute Gasteiger partial charge is 0.223 e. The molecule has 0 spiro atoms. The molecule has 19 heavy (non-hydrogen) atoms. The molecule has 5 unspecified atom stereocenters. The lowest BCUT2D eigenvalue weighted by Gasteiger charge is -2.31. The predicted octanol–water partition coefficient (Wildman–Crippen LogP) is 2.34. The van der Waals surface area contributed by atoms with E-state index in [1.54, 1.807) is 0 Å². The number of hydrogen-bond acceptors (Lipinski definition) is 2. The Kier molecular flexibility index (Phi) is 4.11. The van der Waals surface area contributed by atoms with Gasteiger partial charge in [0.15, 0.2) is 0 Å². The summed E-state index contributed by atoms with van der Waals surface area (Å²) in [4.78, 5) is 12.3. The van der Waals surface area contributed by atoms with Crippen LogP contribution < -0.4 is 5.32 Å². The van der Waals surface area contributed by atoms with E-state index in [0.717, 1.165) is 25.3 Å². The van der Waals surface area contributed by atoms with E-state index in [1.165, 1.54) is 38.5 Å². The van der Waals surface area contributed by atoms with Gasteiger partial charge in [0, 0.05) is 19.1 Å². The molecule has 0 aromatic carbocycles. The summed E-state index contributed by atoms with van der Waals surface area (Å²) in [6.07, 6.45) is 9.83. The van der Waals surface area contributed by atoms with Gasteiger partial charge >= 0.3 is 0 Å². The summed E-state index contributed by atoms with van der Waals surface area (Å²) >= 11 is 0. The number of aliphatic hydroxyl groups excluding tert-OH is 1. The van der Waals surface area contributed by atoms with Crippen LogP contribution in [-0.2, 0) is 4.79 Å². The largest absolute Gasteiger partial charge is 0.396 e. The van der Waals surface area contributed by atoms with Crippen molar-refractivity contribution in [1.82, 2.24) is 5.32 Å². The number of nitrogens with one attached hydrogen (secondary N) is 1. The monoisotopic (exact) mass is 265 g/mol. The summed E-state index contributed by atoms with van der Waals surface area (Å²) in [5.41, 5.74) is 0. The molecule has 0 aliphatic heterocycles. The molecule has 5 atom stereocenters. The molecule has 2 bridgehead atoms. The van der Waals surface area contributed by atoms with Gasteiger partial charge in [-0.1, -0.05) is 19.3 Å². The van der Waals surface area contributed by atoms with Crippen molar-refractivity contribution in [2.75, 3.05) is 13.2 Å². The Hall–Kier alpha value is -0.570. The van der Waals surface area contributed by atoms with Crippen molar-refractivity contribution in [2.24, 2.45) is 29.6 Å². The molecule has 3 saturated carbocycles. The third kappa shape index (κ3) is 2.81. The van der Waals surface area contributed by atoms with Crippen molar-refractivity contribution in [2.45, 2.75) is 51.4 Å². The first-order valence-electron chi connectivity index (χ1n) is 8.16. The van der Waals surface area contributed by atoms with E-state index in [9.17, 15) is 9.90 Å². The molecule has 1 amide bonds.